The first-order chi connectivity index (χ1) is 7.15. The maximum Gasteiger partial charge on any atom is 0.337 e. The molecular formula is C10H10N2O3. The van der Waals surface area contributed by atoms with Crippen molar-refractivity contribution in [1.29, 1.82) is 0 Å². The van der Waals surface area contributed by atoms with Crippen LogP contribution in [0.3, 0.4) is 0 Å². The smallest absolute Gasteiger partial charge is 0.337 e. The molecule has 5 heteroatoms. The van der Waals surface area contributed by atoms with E-state index in [2.05, 4.69) is 10.2 Å². The molecule has 0 bridgehead atoms. The lowest BCUT2D eigenvalue weighted by Crippen LogP contribution is -1.98. The number of hydrogen-bond acceptors (Lipinski definition) is 3. The number of aromatic amines is 1. The zero-order valence-corrected chi connectivity index (χ0v) is 8.37. The summed E-state index contributed by atoms with van der Waals surface area (Å²) in [6, 6.07) is 3.12. The molecule has 0 amide bonds. The van der Waals surface area contributed by atoms with Crippen LogP contribution in [0.4, 0.5) is 0 Å². The van der Waals surface area contributed by atoms with Crippen LogP contribution in [0, 0.1) is 6.92 Å². The predicted molar refractivity (Wildman–Crippen MR) is 54.3 cm³/mol. The molecule has 0 radical (unpaired) electrons. The minimum Gasteiger partial charge on any atom is -0.496 e. The van der Waals surface area contributed by atoms with Crippen LogP contribution in [0.5, 0.6) is 5.75 Å². The zero-order chi connectivity index (χ0) is 11.0. The minimum atomic E-state index is -0.992. The highest BCUT2D eigenvalue weighted by molar-refractivity contribution is 6.04. The van der Waals surface area contributed by atoms with Gasteiger partial charge in [0, 0.05) is 5.69 Å². The largest absolute Gasteiger partial charge is 0.496 e. The molecular weight excluding hydrogens is 196 g/mol. The number of carbonyl (C=O) groups is 1. The number of rotatable bonds is 2. The molecule has 2 rings (SSSR count). The maximum absolute atomic E-state index is 10.9. The molecule has 15 heavy (non-hydrogen) atoms. The van der Waals surface area contributed by atoms with Gasteiger partial charge in [0.2, 0.25) is 0 Å². The third-order valence-corrected chi connectivity index (χ3v) is 2.30. The summed E-state index contributed by atoms with van der Waals surface area (Å²) in [5, 5.41) is 16.4. The normalized spacial score (nSPS) is 10.5. The van der Waals surface area contributed by atoms with Crippen molar-refractivity contribution in [2.75, 3.05) is 7.11 Å². The molecule has 0 unspecified atom stereocenters. The average molecular weight is 206 g/mol. The van der Waals surface area contributed by atoms with Crippen LogP contribution < -0.4 is 4.74 Å². The van der Waals surface area contributed by atoms with Crippen molar-refractivity contribution in [3.63, 3.8) is 0 Å². The van der Waals surface area contributed by atoms with Crippen molar-refractivity contribution in [2.45, 2.75) is 6.92 Å². The van der Waals surface area contributed by atoms with E-state index in [4.69, 9.17) is 9.84 Å². The third kappa shape index (κ3) is 1.32. The van der Waals surface area contributed by atoms with Gasteiger partial charge in [-0.15, -0.1) is 0 Å². The van der Waals surface area contributed by atoms with E-state index < -0.39 is 5.97 Å². The summed E-state index contributed by atoms with van der Waals surface area (Å²) in [6.07, 6.45) is 0. The third-order valence-electron chi connectivity index (χ3n) is 2.30. The van der Waals surface area contributed by atoms with Gasteiger partial charge >= 0.3 is 5.97 Å². The van der Waals surface area contributed by atoms with Crippen molar-refractivity contribution in [2.24, 2.45) is 0 Å². The first-order valence-corrected chi connectivity index (χ1v) is 4.40. The number of methoxy groups -OCH3 is 1. The van der Waals surface area contributed by atoms with Crippen molar-refractivity contribution in [1.82, 2.24) is 10.2 Å². The number of carboxylic acid groups (broad SMARTS) is 1. The van der Waals surface area contributed by atoms with Crippen LogP contribution in [0.1, 0.15) is 16.1 Å². The molecule has 2 aromatic rings. The first-order valence-electron chi connectivity index (χ1n) is 4.40. The number of fused-ring (bicyclic) bond motifs is 1. The van der Waals surface area contributed by atoms with Gasteiger partial charge in [-0.2, -0.15) is 5.10 Å². The van der Waals surface area contributed by atoms with Crippen molar-refractivity contribution in [3.8, 4) is 5.75 Å². The van der Waals surface area contributed by atoms with Crippen LogP contribution in [0.25, 0.3) is 10.9 Å². The van der Waals surface area contributed by atoms with Crippen LogP contribution in [-0.4, -0.2) is 28.4 Å². The van der Waals surface area contributed by atoms with Gasteiger partial charge in [0.05, 0.1) is 18.1 Å². The summed E-state index contributed by atoms with van der Waals surface area (Å²) < 4.78 is 5.15. The molecule has 0 saturated heterocycles. The summed E-state index contributed by atoms with van der Waals surface area (Å²) in [5.74, 6) is -0.365. The SMILES string of the molecule is COc1ccc(C(=O)O)c2n[nH]c(C)c12. The monoisotopic (exact) mass is 206 g/mol. The lowest BCUT2D eigenvalue weighted by Gasteiger charge is -2.03. The minimum absolute atomic E-state index is 0.176. The highest BCUT2D eigenvalue weighted by Gasteiger charge is 2.15. The molecule has 2 N–H and O–H groups in total. The number of aryl methyl sites for hydroxylation is 1. The van der Waals surface area contributed by atoms with E-state index in [-0.39, 0.29) is 5.56 Å². The molecule has 78 valence electrons. The van der Waals surface area contributed by atoms with Gasteiger partial charge in [-0.1, -0.05) is 0 Å². The summed E-state index contributed by atoms with van der Waals surface area (Å²) in [4.78, 5) is 10.9. The van der Waals surface area contributed by atoms with E-state index in [1.54, 1.807) is 13.2 Å². The fourth-order valence-corrected chi connectivity index (χ4v) is 1.59. The van der Waals surface area contributed by atoms with Gasteiger partial charge < -0.3 is 9.84 Å². The van der Waals surface area contributed by atoms with Crippen molar-refractivity contribution >= 4 is 16.9 Å². The second-order valence-corrected chi connectivity index (χ2v) is 3.19. The summed E-state index contributed by atoms with van der Waals surface area (Å²) >= 11 is 0. The van der Waals surface area contributed by atoms with Crippen LogP contribution in [0.15, 0.2) is 12.1 Å². The van der Waals surface area contributed by atoms with Crippen molar-refractivity contribution < 1.29 is 14.6 Å². The molecule has 0 aliphatic heterocycles. The standard InChI is InChI=1S/C10H10N2O3/c1-5-8-7(15-2)4-3-6(10(13)14)9(8)12-11-5/h3-4H,1-2H3,(H,11,12)(H,13,14). The van der Waals surface area contributed by atoms with E-state index >= 15 is 0 Å². The number of aromatic carboxylic acids is 1. The van der Waals surface area contributed by atoms with Gasteiger partial charge in [0.1, 0.15) is 11.3 Å². The molecule has 1 aromatic carbocycles. The summed E-state index contributed by atoms with van der Waals surface area (Å²) in [5.41, 5.74) is 1.40. The van der Waals surface area contributed by atoms with Crippen LogP contribution in [0.2, 0.25) is 0 Å². The topological polar surface area (TPSA) is 75.2 Å². The molecule has 0 saturated carbocycles. The number of benzene rings is 1. The van der Waals surface area contributed by atoms with Gasteiger partial charge in [-0.25, -0.2) is 4.79 Å². The molecule has 0 spiro atoms. The molecule has 0 fully saturated rings. The quantitative estimate of drug-likeness (QED) is 0.782. The van der Waals surface area contributed by atoms with Gasteiger partial charge in [-0.3, -0.25) is 5.10 Å². The highest BCUT2D eigenvalue weighted by Crippen LogP contribution is 2.29. The lowest BCUT2D eigenvalue weighted by molar-refractivity contribution is 0.0699. The molecule has 0 atom stereocenters. The summed E-state index contributed by atoms with van der Waals surface area (Å²) in [7, 11) is 1.54. The number of ether oxygens (including phenoxy) is 1. The van der Waals surface area contributed by atoms with E-state index in [1.807, 2.05) is 6.92 Å². The molecule has 5 nitrogen and oxygen atoms in total. The van der Waals surface area contributed by atoms with E-state index in [0.29, 0.717) is 11.3 Å². The molecule has 0 aliphatic rings. The van der Waals surface area contributed by atoms with E-state index in [0.717, 1.165) is 11.1 Å². The number of carboxylic acids is 1. The number of hydrogen-bond donors (Lipinski definition) is 2. The molecule has 0 aliphatic carbocycles. The number of aromatic nitrogens is 2. The number of nitrogens with one attached hydrogen (secondary N) is 1. The second kappa shape index (κ2) is 3.27. The Morgan fingerprint density at radius 1 is 1.53 bits per heavy atom. The Bertz CT molecular complexity index is 531. The zero-order valence-electron chi connectivity index (χ0n) is 8.37. The molecule has 1 aromatic heterocycles. The second-order valence-electron chi connectivity index (χ2n) is 3.19. The Morgan fingerprint density at radius 2 is 2.27 bits per heavy atom. The predicted octanol–water partition coefficient (Wildman–Crippen LogP) is 1.58. The number of H-pyrrole nitrogens is 1. The average Bonchev–Trinajstić information content (AvgIpc) is 2.60. The maximum atomic E-state index is 10.9. The highest BCUT2D eigenvalue weighted by atomic mass is 16.5. The fourth-order valence-electron chi connectivity index (χ4n) is 1.59. The Balaban J connectivity index is 2.85. The summed E-state index contributed by atoms with van der Waals surface area (Å²) in [6.45, 7) is 1.82. The van der Waals surface area contributed by atoms with Gasteiger partial charge in [0.15, 0.2) is 0 Å². The van der Waals surface area contributed by atoms with E-state index in [1.165, 1.54) is 6.07 Å². The van der Waals surface area contributed by atoms with Gasteiger partial charge in [0.25, 0.3) is 0 Å². The van der Waals surface area contributed by atoms with E-state index in [9.17, 15) is 4.79 Å². The van der Waals surface area contributed by atoms with Crippen molar-refractivity contribution in [3.05, 3.63) is 23.4 Å². The molecule has 1 heterocycles. The van der Waals surface area contributed by atoms with Crippen LogP contribution in [-0.2, 0) is 0 Å². The Labute approximate surface area is 85.7 Å². The Morgan fingerprint density at radius 3 is 2.87 bits per heavy atom. The van der Waals surface area contributed by atoms with Crippen LogP contribution >= 0.6 is 0 Å². The lowest BCUT2D eigenvalue weighted by atomic mass is 10.1. The Kier molecular flexibility index (Phi) is 2.07. The fraction of sp³-hybridized carbons (Fsp3) is 0.200. The van der Waals surface area contributed by atoms with Gasteiger partial charge in [-0.05, 0) is 19.1 Å². The first kappa shape index (κ1) is 9.51. The number of nitrogens with zero attached hydrogens (tertiary/aromatic N) is 1. The Hall–Kier alpha value is -2.04.